The van der Waals surface area contributed by atoms with E-state index in [2.05, 4.69) is 6.92 Å². The fourth-order valence-corrected chi connectivity index (χ4v) is 4.77. The Kier molecular flexibility index (Phi) is 17.2. The highest BCUT2D eigenvalue weighted by Gasteiger charge is 2.63. The third-order valence-electron chi connectivity index (χ3n) is 4.34. The van der Waals surface area contributed by atoms with Crippen molar-refractivity contribution in [1.29, 1.82) is 0 Å². The van der Waals surface area contributed by atoms with E-state index >= 15 is 3.89 Å². The van der Waals surface area contributed by atoms with Gasteiger partial charge in [-0.05, 0) is 78.5 Å². The largest absolute Gasteiger partial charge is 0.343 e. The molecule has 9 heteroatoms. The van der Waals surface area contributed by atoms with Crippen LogP contribution in [0.15, 0.2) is 0 Å². The molecule has 0 radical (unpaired) electrons. The zero-order chi connectivity index (χ0) is 26.4. The van der Waals surface area contributed by atoms with Gasteiger partial charge in [0.2, 0.25) is 5.62 Å². The van der Waals surface area contributed by atoms with Crippen LogP contribution in [0.1, 0.15) is 102 Å². The van der Waals surface area contributed by atoms with E-state index in [1.54, 1.807) is 0 Å². The summed E-state index contributed by atoms with van der Waals surface area (Å²) in [5.41, 5.74) is -1.50. The molecule has 0 saturated heterocycles. The van der Waals surface area contributed by atoms with Crippen LogP contribution < -0.4 is 0 Å². The van der Waals surface area contributed by atoms with Gasteiger partial charge in [0, 0.05) is 0 Å². The standard InChI is InChI=1S/C25H51FO6S2/c1-12-15-17-28-24(34-26,29-18-19(4)5)25(31-21(8)14-3,32-23(9,10)11)33-22(27-16-13-2)30-20(6)7/h19-22H,12-18H2,1-11H3. The molecule has 0 aromatic carbocycles. The molecule has 0 N–H and O–H groups in total. The molecule has 0 bridgehead atoms. The molecular weight excluding hydrogens is 479 g/mol. The lowest BCUT2D eigenvalue weighted by Crippen LogP contribution is -2.61. The highest BCUT2D eigenvalue weighted by atomic mass is 32.2. The quantitative estimate of drug-likeness (QED) is 0.116. The zero-order valence-corrected chi connectivity index (χ0v) is 25.0. The number of rotatable bonds is 20. The van der Waals surface area contributed by atoms with Gasteiger partial charge in [0.05, 0.1) is 37.6 Å². The lowest BCUT2D eigenvalue weighted by Gasteiger charge is -2.49. The van der Waals surface area contributed by atoms with E-state index < -0.39 is 21.5 Å². The summed E-state index contributed by atoms with van der Waals surface area (Å²) in [6, 6.07) is 0. The first-order valence-corrected chi connectivity index (χ1v) is 14.3. The van der Waals surface area contributed by atoms with Gasteiger partial charge in [0.15, 0.2) is 0 Å². The summed E-state index contributed by atoms with van der Waals surface area (Å²) in [4.78, 5) is 0. The molecule has 0 rings (SSSR count). The second kappa shape index (κ2) is 17.0. The summed E-state index contributed by atoms with van der Waals surface area (Å²) >= 11 is 1.09. The van der Waals surface area contributed by atoms with E-state index in [4.69, 9.17) is 28.4 Å². The van der Waals surface area contributed by atoms with Gasteiger partial charge in [0.25, 0.3) is 5.12 Å². The van der Waals surface area contributed by atoms with Gasteiger partial charge in [-0.3, -0.25) is 0 Å². The number of thioether (sulfide) groups is 1. The predicted octanol–water partition coefficient (Wildman–Crippen LogP) is 7.90. The van der Waals surface area contributed by atoms with Crippen LogP contribution in [-0.2, 0) is 28.4 Å². The molecule has 0 aliphatic heterocycles. The van der Waals surface area contributed by atoms with Crippen LogP contribution in [0.5, 0.6) is 0 Å². The van der Waals surface area contributed by atoms with Crippen molar-refractivity contribution in [3.63, 3.8) is 0 Å². The minimum absolute atomic E-state index is 0.0318. The average molecular weight is 531 g/mol. The van der Waals surface area contributed by atoms with E-state index in [1.165, 1.54) is 0 Å². The molecule has 4 atom stereocenters. The average Bonchev–Trinajstić information content (AvgIpc) is 2.72. The maximum absolute atomic E-state index is 15.2. The van der Waals surface area contributed by atoms with Gasteiger partial charge in [-0.25, -0.2) is 0 Å². The Morgan fingerprint density at radius 1 is 0.853 bits per heavy atom. The molecule has 34 heavy (non-hydrogen) atoms. The first kappa shape index (κ1) is 34.4. The topological polar surface area (TPSA) is 55.4 Å². The lowest BCUT2D eigenvalue weighted by atomic mass is 10.2. The van der Waals surface area contributed by atoms with E-state index in [-0.39, 0.29) is 43.5 Å². The molecule has 206 valence electrons. The van der Waals surface area contributed by atoms with E-state index in [9.17, 15) is 0 Å². The maximum Gasteiger partial charge on any atom is 0.316 e. The van der Waals surface area contributed by atoms with Crippen LogP contribution in [0.4, 0.5) is 3.89 Å². The summed E-state index contributed by atoms with van der Waals surface area (Å²) in [5.74, 6) is 0.140. The van der Waals surface area contributed by atoms with Crippen LogP contribution in [0.25, 0.3) is 0 Å². The first-order chi connectivity index (χ1) is 15.8. The summed E-state index contributed by atoms with van der Waals surface area (Å²) in [6.07, 6.45) is 2.72. The molecule has 0 aromatic heterocycles. The number of hydrogen-bond acceptors (Lipinski definition) is 8. The van der Waals surface area contributed by atoms with Gasteiger partial charge < -0.3 is 28.4 Å². The van der Waals surface area contributed by atoms with Crippen LogP contribution >= 0.6 is 23.9 Å². The molecule has 0 heterocycles. The van der Waals surface area contributed by atoms with Gasteiger partial charge in [0.1, 0.15) is 12.1 Å². The molecule has 6 nitrogen and oxygen atoms in total. The molecule has 0 fully saturated rings. The predicted molar refractivity (Wildman–Crippen MR) is 141 cm³/mol. The fourth-order valence-electron chi connectivity index (χ4n) is 2.64. The molecular formula is C25H51FO6S2. The van der Waals surface area contributed by atoms with Crippen LogP contribution in [-0.4, -0.2) is 53.5 Å². The Balaban J connectivity index is 6.78. The van der Waals surface area contributed by atoms with E-state index in [1.807, 2.05) is 69.2 Å². The third-order valence-corrected chi connectivity index (χ3v) is 6.37. The third kappa shape index (κ3) is 12.6. The Morgan fingerprint density at radius 2 is 1.50 bits per heavy atom. The lowest BCUT2D eigenvalue weighted by molar-refractivity contribution is -0.359. The minimum atomic E-state index is -1.90. The normalized spacial score (nSPS) is 18.2. The zero-order valence-electron chi connectivity index (χ0n) is 23.4. The van der Waals surface area contributed by atoms with Crippen LogP contribution in [0.2, 0.25) is 0 Å². The molecule has 0 aliphatic carbocycles. The molecule has 0 amide bonds. The van der Waals surface area contributed by atoms with Crippen molar-refractivity contribution < 1.29 is 32.3 Å². The van der Waals surface area contributed by atoms with Crippen molar-refractivity contribution in [1.82, 2.24) is 0 Å². The fraction of sp³-hybridized carbons (Fsp3) is 1.00. The van der Waals surface area contributed by atoms with Crippen molar-refractivity contribution in [2.75, 3.05) is 19.8 Å². The Labute approximate surface area is 217 Å². The molecule has 0 aliphatic rings. The van der Waals surface area contributed by atoms with E-state index in [0.29, 0.717) is 13.0 Å². The Morgan fingerprint density at radius 3 is 1.94 bits per heavy atom. The second-order valence-electron chi connectivity index (χ2n) is 10.1. The molecule has 0 aromatic rings. The number of hydrogen-bond donors (Lipinski definition) is 0. The van der Waals surface area contributed by atoms with E-state index in [0.717, 1.165) is 31.0 Å². The highest BCUT2D eigenvalue weighted by Crippen LogP contribution is 2.53. The summed E-state index contributed by atoms with van der Waals surface area (Å²) in [6.45, 7) is 22.6. The van der Waals surface area contributed by atoms with Gasteiger partial charge in [-0.15, -0.1) is 0 Å². The summed E-state index contributed by atoms with van der Waals surface area (Å²) < 4.78 is 52.9. The Bertz CT molecular complexity index is 520. The number of ether oxygens (including phenoxy) is 6. The minimum Gasteiger partial charge on any atom is -0.343 e. The summed E-state index contributed by atoms with van der Waals surface area (Å²) in [7, 11) is 0. The smallest absolute Gasteiger partial charge is 0.316 e. The van der Waals surface area contributed by atoms with Gasteiger partial charge >= 0.3 is 5.12 Å². The Hall–Kier alpha value is 0.390. The molecule has 0 saturated carbocycles. The number of unbranched alkanes of at least 4 members (excludes halogenated alkanes) is 1. The first-order valence-electron chi connectivity index (χ1n) is 12.7. The van der Waals surface area contributed by atoms with Gasteiger partial charge in [-0.2, -0.15) is 3.89 Å². The van der Waals surface area contributed by atoms with Crippen LogP contribution in [0, 0.1) is 5.92 Å². The van der Waals surface area contributed by atoms with Crippen molar-refractivity contribution in [3.05, 3.63) is 0 Å². The highest BCUT2D eigenvalue weighted by molar-refractivity contribution is 8.02. The monoisotopic (exact) mass is 530 g/mol. The number of halogens is 1. The van der Waals surface area contributed by atoms with Crippen LogP contribution in [0.3, 0.4) is 0 Å². The SMILES string of the molecule is CCCCOC(OCC(C)C)(SF)C(OC(C)CC)(OC(C)(C)C)SC(OCCC)OC(C)C. The van der Waals surface area contributed by atoms with Gasteiger partial charge in [-0.1, -0.05) is 41.0 Å². The molecule has 0 spiro atoms. The van der Waals surface area contributed by atoms with Crippen molar-refractivity contribution in [2.45, 2.75) is 136 Å². The van der Waals surface area contributed by atoms with Crippen molar-refractivity contribution in [3.8, 4) is 0 Å². The maximum atomic E-state index is 15.2. The second-order valence-corrected chi connectivity index (χ2v) is 12.0. The van der Waals surface area contributed by atoms with Crippen molar-refractivity contribution in [2.24, 2.45) is 5.92 Å². The summed E-state index contributed by atoms with van der Waals surface area (Å²) in [5, 5.41) is -3.63. The van der Waals surface area contributed by atoms with Crippen molar-refractivity contribution >= 4 is 23.9 Å². The molecule has 4 unspecified atom stereocenters.